The van der Waals surface area contributed by atoms with E-state index in [0.717, 1.165) is 0 Å². The monoisotopic (exact) mass is 139 g/mol. The molecule has 1 atom stereocenters. The van der Waals surface area contributed by atoms with E-state index in [-0.39, 0.29) is 24.4 Å². The molecule has 0 saturated heterocycles. The van der Waals surface area contributed by atoms with E-state index in [0.29, 0.717) is 0 Å². The van der Waals surface area contributed by atoms with Crippen molar-refractivity contribution in [2.75, 3.05) is 0 Å². The number of Topliss-reactive ketones (excluding diaryl/α,β-unsaturated/α-hetero) is 2. The molecule has 0 aromatic carbocycles. The number of hydrogen-bond donors (Lipinski definition) is 0. The Morgan fingerprint density at radius 3 is 2.70 bits per heavy atom. The van der Waals surface area contributed by atoms with E-state index in [1.54, 1.807) is 0 Å². The van der Waals surface area contributed by atoms with Crippen molar-refractivity contribution < 1.29 is 9.59 Å². The van der Waals surface area contributed by atoms with E-state index >= 15 is 0 Å². The molecule has 0 bridgehead atoms. The first kappa shape index (κ1) is 6.77. The van der Waals surface area contributed by atoms with Crippen LogP contribution in [0.25, 0.3) is 10.4 Å². The van der Waals surface area contributed by atoms with Gasteiger partial charge in [0.25, 0.3) is 0 Å². The maximum Gasteiger partial charge on any atom is 0.149 e. The molecular formula is C5H5N3O2. The third kappa shape index (κ3) is 1.14. The van der Waals surface area contributed by atoms with Gasteiger partial charge in [0, 0.05) is 11.3 Å². The first-order valence-electron chi connectivity index (χ1n) is 2.82. The highest BCUT2D eigenvalue weighted by Crippen LogP contribution is 2.13. The van der Waals surface area contributed by atoms with Crippen molar-refractivity contribution in [1.82, 2.24) is 0 Å². The maximum absolute atomic E-state index is 10.7. The van der Waals surface area contributed by atoms with Gasteiger partial charge in [-0.25, -0.2) is 0 Å². The third-order valence-electron chi connectivity index (χ3n) is 1.36. The fourth-order valence-corrected chi connectivity index (χ4v) is 0.881. The van der Waals surface area contributed by atoms with Crippen molar-refractivity contribution >= 4 is 11.6 Å². The minimum absolute atomic E-state index is 0.0658. The predicted octanol–water partition coefficient (Wildman–Crippen LogP) is 0.597. The average molecular weight is 139 g/mol. The summed E-state index contributed by atoms with van der Waals surface area (Å²) in [5, 5.41) is 3.17. The van der Waals surface area contributed by atoms with Gasteiger partial charge in [-0.2, -0.15) is 0 Å². The van der Waals surface area contributed by atoms with E-state index < -0.39 is 6.04 Å². The zero-order chi connectivity index (χ0) is 7.56. The van der Waals surface area contributed by atoms with E-state index in [2.05, 4.69) is 10.0 Å². The van der Waals surface area contributed by atoms with Gasteiger partial charge in [0.1, 0.15) is 17.6 Å². The van der Waals surface area contributed by atoms with Crippen molar-refractivity contribution in [3.05, 3.63) is 10.4 Å². The number of ketones is 2. The van der Waals surface area contributed by atoms with E-state index in [1.807, 2.05) is 0 Å². The Bertz CT molecular complexity index is 229. The fourth-order valence-electron chi connectivity index (χ4n) is 0.881. The van der Waals surface area contributed by atoms with E-state index in [9.17, 15) is 9.59 Å². The highest BCUT2D eigenvalue weighted by atomic mass is 16.2. The van der Waals surface area contributed by atoms with Crippen LogP contribution in [0.1, 0.15) is 12.8 Å². The highest BCUT2D eigenvalue weighted by molar-refractivity contribution is 6.09. The molecule has 1 fully saturated rings. The second kappa shape index (κ2) is 2.49. The number of hydrogen-bond acceptors (Lipinski definition) is 3. The first-order chi connectivity index (χ1) is 4.74. The summed E-state index contributed by atoms with van der Waals surface area (Å²) in [7, 11) is 0. The molecule has 52 valence electrons. The summed E-state index contributed by atoms with van der Waals surface area (Å²) in [6, 6.07) is -0.725. The third-order valence-corrected chi connectivity index (χ3v) is 1.36. The quantitative estimate of drug-likeness (QED) is 0.230. The van der Waals surface area contributed by atoms with E-state index in [1.165, 1.54) is 0 Å². The molecule has 10 heavy (non-hydrogen) atoms. The molecule has 0 spiro atoms. The van der Waals surface area contributed by atoms with Gasteiger partial charge < -0.3 is 0 Å². The Labute approximate surface area is 56.6 Å². The Morgan fingerprint density at radius 2 is 2.30 bits per heavy atom. The maximum atomic E-state index is 10.7. The molecule has 0 aromatic heterocycles. The average Bonchev–Trinajstić information content (AvgIpc) is 2.13. The van der Waals surface area contributed by atoms with Gasteiger partial charge in [0.05, 0.1) is 6.42 Å². The van der Waals surface area contributed by atoms with E-state index in [4.69, 9.17) is 5.53 Å². The summed E-state index contributed by atoms with van der Waals surface area (Å²) in [4.78, 5) is 23.7. The number of carbonyl (C=O) groups is 2. The SMILES string of the molecule is [N-]=[N+]=NC1CC(=O)CC1=O. The van der Waals surface area contributed by atoms with Crippen LogP contribution in [-0.4, -0.2) is 17.6 Å². The van der Waals surface area contributed by atoms with Gasteiger partial charge in [-0.15, -0.1) is 0 Å². The number of rotatable bonds is 1. The Hall–Kier alpha value is -1.35. The lowest BCUT2D eigenvalue weighted by molar-refractivity contribution is -0.121. The molecule has 0 aromatic rings. The first-order valence-corrected chi connectivity index (χ1v) is 2.82. The molecule has 0 heterocycles. The van der Waals surface area contributed by atoms with Crippen molar-refractivity contribution in [2.24, 2.45) is 5.11 Å². The van der Waals surface area contributed by atoms with Gasteiger partial charge >= 0.3 is 0 Å². The molecule has 1 aliphatic carbocycles. The zero-order valence-corrected chi connectivity index (χ0v) is 5.15. The summed E-state index contributed by atoms with van der Waals surface area (Å²) in [5.41, 5.74) is 7.93. The molecule has 0 radical (unpaired) electrons. The van der Waals surface area contributed by atoms with Crippen molar-refractivity contribution in [3.63, 3.8) is 0 Å². The van der Waals surface area contributed by atoms with Crippen molar-refractivity contribution in [2.45, 2.75) is 18.9 Å². The molecule has 0 aliphatic heterocycles. The molecule has 5 nitrogen and oxygen atoms in total. The second-order valence-corrected chi connectivity index (χ2v) is 2.11. The minimum Gasteiger partial charge on any atom is -0.299 e. The Kier molecular flexibility index (Phi) is 1.69. The van der Waals surface area contributed by atoms with Crippen LogP contribution in [0.2, 0.25) is 0 Å². The molecule has 1 aliphatic rings. The van der Waals surface area contributed by atoms with Gasteiger partial charge in [-0.05, 0) is 5.53 Å². The minimum atomic E-state index is -0.725. The fraction of sp³-hybridized carbons (Fsp3) is 0.600. The second-order valence-electron chi connectivity index (χ2n) is 2.11. The summed E-state index contributed by atoms with van der Waals surface area (Å²) < 4.78 is 0. The van der Waals surface area contributed by atoms with Gasteiger partial charge in [-0.1, -0.05) is 5.11 Å². The van der Waals surface area contributed by atoms with Gasteiger partial charge in [0.2, 0.25) is 0 Å². The largest absolute Gasteiger partial charge is 0.299 e. The lowest BCUT2D eigenvalue weighted by Gasteiger charge is -1.90. The molecule has 0 amide bonds. The smallest absolute Gasteiger partial charge is 0.149 e. The number of carbonyl (C=O) groups excluding carboxylic acids is 2. The van der Waals surface area contributed by atoms with Crippen LogP contribution < -0.4 is 0 Å². The Balaban J connectivity index is 2.72. The van der Waals surface area contributed by atoms with Crippen LogP contribution >= 0.6 is 0 Å². The van der Waals surface area contributed by atoms with Crippen LogP contribution in [0.15, 0.2) is 5.11 Å². The molecule has 5 heteroatoms. The standard InChI is InChI=1S/C5H5N3O2/c6-8-7-4-1-3(9)2-5(4)10/h4H,1-2H2. The van der Waals surface area contributed by atoms with Crippen LogP contribution in [-0.2, 0) is 9.59 Å². The zero-order valence-electron chi connectivity index (χ0n) is 5.15. The summed E-state index contributed by atoms with van der Waals surface area (Å²) in [5.74, 6) is -0.398. The predicted molar refractivity (Wildman–Crippen MR) is 32.2 cm³/mol. The molecule has 1 unspecified atom stereocenters. The summed E-state index contributed by atoms with van der Waals surface area (Å²) >= 11 is 0. The van der Waals surface area contributed by atoms with Crippen molar-refractivity contribution in [3.8, 4) is 0 Å². The lowest BCUT2D eigenvalue weighted by Crippen LogP contribution is -2.07. The van der Waals surface area contributed by atoms with Gasteiger partial charge in [-0.3, -0.25) is 9.59 Å². The Morgan fingerprint density at radius 1 is 1.60 bits per heavy atom. The summed E-state index contributed by atoms with van der Waals surface area (Å²) in [6.07, 6.45) is 0.0204. The van der Waals surface area contributed by atoms with Crippen molar-refractivity contribution in [1.29, 1.82) is 0 Å². The number of nitrogens with zero attached hydrogens (tertiary/aromatic N) is 3. The molecular weight excluding hydrogens is 134 g/mol. The topological polar surface area (TPSA) is 82.9 Å². The van der Waals surface area contributed by atoms with Crippen LogP contribution in [0, 0.1) is 0 Å². The normalized spacial score (nSPS) is 24.6. The molecule has 0 N–H and O–H groups in total. The molecule has 1 rings (SSSR count). The van der Waals surface area contributed by atoms with Crippen LogP contribution in [0.5, 0.6) is 0 Å². The van der Waals surface area contributed by atoms with Crippen LogP contribution in [0.4, 0.5) is 0 Å². The van der Waals surface area contributed by atoms with Gasteiger partial charge in [0.15, 0.2) is 0 Å². The lowest BCUT2D eigenvalue weighted by atomic mass is 10.3. The number of azide groups is 1. The highest BCUT2D eigenvalue weighted by Gasteiger charge is 2.29. The molecule has 1 saturated carbocycles. The summed E-state index contributed by atoms with van der Waals surface area (Å²) in [6.45, 7) is 0. The van der Waals surface area contributed by atoms with Crippen LogP contribution in [0.3, 0.4) is 0 Å².